The second-order valence-corrected chi connectivity index (χ2v) is 3.21. The van der Waals surface area contributed by atoms with Gasteiger partial charge in [0.25, 0.3) is 0 Å². The van der Waals surface area contributed by atoms with Crippen LogP contribution in [0.15, 0.2) is 12.2 Å². The van der Waals surface area contributed by atoms with E-state index in [0.717, 1.165) is 19.3 Å². The van der Waals surface area contributed by atoms with Gasteiger partial charge in [0.15, 0.2) is 0 Å². The second kappa shape index (κ2) is 7.12. The summed E-state index contributed by atoms with van der Waals surface area (Å²) in [6, 6.07) is 0. The molecule has 0 radical (unpaired) electrons. The molecular formula is C10H18N2O2. The van der Waals surface area contributed by atoms with Crippen LogP contribution in [0.25, 0.3) is 0 Å². The maximum absolute atomic E-state index is 11.2. The molecule has 0 aliphatic heterocycles. The van der Waals surface area contributed by atoms with Gasteiger partial charge in [0.2, 0.25) is 11.8 Å². The Morgan fingerprint density at radius 1 is 1.36 bits per heavy atom. The van der Waals surface area contributed by atoms with Crippen molar-refractivity contribution < 1.29 is 9.59 Å². The summed E-state index contributed by atoms with van der Waals surface area (Å²) in [6.07, 6.45) is 3.08. The molecule has 0 fully saturated rings. The molecule has 0 aromatic carbocycles. The quantitative estimate of drug-likeness (QED) is 0.467. The molecule has 0 heterocycles. The molecule has 0 aliphatic carbocycles. The highest BCUT2D eigenvalue weighted by molar-refractivity contribution is 5.97. The van der Waals surface area contributed by atoms with Crippen LogP contribution in [0.3, 0.4) is 0 Å². The number of nitrogens with one attached hydrogen (secondary N) is 1. The lowest BCUT2D eigenvalue weighted by Crippen LogP contribution is -2.27. The zero-order valence-corrected chi connectivity index (χ0v) is 8.64. The van der Waals surface area contributed by atoms with E-state index < -0.39 is 5.91 Å². The molecule has 0 saturated carbocycles. The Kier molecular flexibility index (Phi) is 6.45. The predicted molar refractivity (Wildman–Crippen MR) is 55.5 cm³/mol. The molecule has 0 bridgehead atoms. The van der Waals surface area contributed by atoms with E-state index >= 15 is 0 Å². The summed E-state index contributed by atoms with van der Waals surface area (Å²) >= 11 is 0. The van der Waals surface area contributed by atoms with Crippen molar-refractivity contribution in [2.45, 2.75) is 32.6 Å². The Balaban J connectivity index is 3.63. The van der Waals surface area contributed by atoms with Crippen molar-refractivity contribution in [3.8, 4) is 0 Å². The van der Waals surface area contributed by atoms with Crippen molar-refractivity contribution >= 4 is 11.8 Å². The third kappa shape index (κ3) is 6.22. The van der Waals surface area contributed by atoms with E-state index in [1.54, 1.807) is 0 Å². The Labute approximate surface area is 84.5 Å². The first kappa shape index (κ1) is 12.7. The monoisotopic (exact) mass is 198 g/mol. The smallest absolute Gasteiger partial charge is 0.247 e. The molecule has 4 heteroatoms. The van der Waals surface area contributed by atoms with Gasteiger partial charge >= 0.3 is 0 Å². The minimum atomic E-state index is -0.529. The Hall–Kier alpha value is -1.32. The molecule has 0 aliphatic rings. The fourth-order valence-electron chi connectivity index (χ4n) is 0.993. The summed E-state index contributed by atoms with van der Waals surface area (Å²) in [6.45, 7) is 6.20. The number of carbonyl (C=O) groups excluding carboxylic acids is 2. The van der Waals surface area contributed by atoms with E-state index in [2.05, 4.69) is 18.8 Å². The van der Waals surface area contributed by atoms with Crippen LogP contribution >= 0.6 is 0 Å². The van der Waals surface area contributed by atoms with Crippen molar-refractivity contribution in [2.75, 3.05) is 6.54 Å². The minimum Gasteiger partial charge on any atom is -0.369 e. The number of hydrogen-bond acceptors (Lipinski definition) is 2. The summed E-state index contributed by atoms with van der Waals surface area (Å²) < 4.78 is 0. The van der Waals surface area contributed by atoms with Gasteiger partial charge in [0.1, 0.15) is 0 Å². The van der Waals surface area contributed by atoms with Gasteiger partial charge in [0.05, 0.1) is 6.42 Å². The van der Waals surface area contributed by atoms with E-state index in [4.69, 9.17) is 5.73 Å². The van der Waals surface area contributed by atoms with Crippen LogP contribution in [-0.4, -0.2) is 18.4 Å². The van der Waals surface area contributed by atoms with Crippen LogP contribution in [0.1, 0.15) is 32.6 Å². The number of primary amides is 1. The standard InChI is InChI=1S/C10H18N2O2/c1-3-4-5-6-12-10(14)8(2)7-9(11)13/h2-7H2,1H3,(H2,11,13)(H,12,14). The van der Waals surface area contributed by atoms with Gasteiger partial charge in [-0.1, -0.05) is 26.3 Å². The van der Waals surface area contributed by atoms with Gasteiger partial charge in [0, 0.05) is 12.1 Å². The van der Waals surface area contributed by atoms with E-state index in [9.17, 15) is 9.59 Å². The normalized spacial score (nSPS) is 9.50. The van der Waals surface area contributed by atoms with Crippen LogP contribution < -0.4 is 11.1 Å². The van der Waals surface area contributed by atoms with Gasteiger partial charge < -0.3 is 11.1 Å². The summed E-state index contributed by atoms with van der Waals surface area (Å²) in [4.78, 5) is 21.7. The first-order valence-corrected chi connectivity index (χ1v) is 4.82. The van der Waals surface area contributed by atoms with E-state index in [1.807, 2.05) is 0 Å². The van der Waals surface area contributed by atoms with E-state index in [0.29, 0.717) is 6.54 Å². The average molecular weight is 198 g/mol. The third-order valence-electron chi connectivity index (χ3n) is 1.77. The van der Waals surface area contributed by atoms with Crippen LogP contribution in [0.4, 0.5) is 0 Å². The Morgan fingerprint density at radius 3 is 2.50 bits per heavy atom. The topological polar surface area (TPSA) is 72.2 Å². The van der Waals surface area contributed by atoms with Crippen molar-refractivity contribution in [3.63, 3.8) is 0 Å². The van der Waals surface area contributed by atoms with Crippen molar-refractivity contribution in [2.24, 2.45) is 5.73 Å². The lowest BCUT2D eigenvalue weighted by Gasteiger charge is -2.05. The zero-order valence-electron chi connectivity index (χ0n) is 8.64. The predicted octanol–water partition coefficient (Wildman–Crippen LogP) is 0.724. The molecule has 4 nitrogen and oxygen atoms in total. The number of carbonyl (C=O) groups is 2. The van der Waals surface area contributed by atoms with Crippen LogP contribution in [0, 0.1) is 0 Å². The summed E-state index contributed by atoms with van der Waals surface area (Å²) in [7, 11) is 0. The van der Waals surface area contributed by atoms with Crippen molar-refractivity contribution in [1.29, 1.82) is 0 Å². The van der Waals surface area contributed by atoms with E-state index in [1.165, 1.54) is 0 Å². The highest BCUT2D eigenvalue weighted by Gasteiger charge is 2.08. The lowest BCUT2D eigenvalue weighted by atomic mass is 10.2. The number of unbranched alkanes of at least 4 members (excludes halogenated alkanes) is 2. The number of nitrogens with two attached hydrogens (primary N) is 1. The summed E-state index contributed by atoms with van der Waals surface area (Å²) in [5.41, 5.74) is 5.16. The first-order chi connectivity index (χ1) is 6.57. The molecule has 80 valence electrons. The van der Waals surface area contributed by atoms with Crippen molar-refractivity contribution in [3.05, 3.63) is 12.2 Å². The third-order valence-corrected chi connectivity index (χ3v) is 1.77. The van der Waals surface area contributed by atoms with Gasteiger partial charge in [-0.3, -0.25) is 9.59 Å². The number of hydrogen-bond donors (Lipinski definition) is 2. The number of rotatable bonds is 7. The second-order valence-electron chi connectivity index (χ2n) is 3.21. The molecule has 0 saturated heterocycles. The number of amides is 2. The molecule has 0 rings (SSSR count). The van der Waals surface area contributed by atoms with Gasteiger partial charge in [-0.15, -0.1) is 0 Å². The van der Waals surface area contributed by atoms with Crippen LogP contribution in [-0.2, 0) is 9.59 Å². The average Bonchev–Trinajstić information content (AvgIpc) is 2.11. The fourth-order valence-corrected chi connectivity index (χ4v) is 0.993. The molecule has 0 spiro atoms. The lowest BCUT2D eigenvalue weighted by molar-refractivity contribution is -0.121. The largest absolute Gasteiger partial charge is 0.369 e. The first-order valence-electron chi connectivity index (χ1n) is 4.82. The Morgan fingerprint density at radius 2 is 2.00 bits per heavy atom. The van der Waals surface area contributed by atoms with E-state index in [-0.39, 0.29) is 17.9 Å². The highest BCUT2D eigenvalue weighted by Crippen LogP contribution is 1.97. The van der Waals surface area contributed by atoms with Crippen molar-refractivity contribution in [1.82, 2.24) is 5.32 Å². The maximum atomic E-state index is 11.2. The Bertz CT molecular complexity index is 224. The summed E-state index contributed by atoms with van der Waals surface area (Å²) in [5, 5.41) is 2.68. The minimum absolute atomic E-state index is 0.0698. The molecule has 0 aromatic heterocycles. The van der Waals surface area contributed by atoms with Gasteiger partial charge in [-0.2, -0.15) is 0 Å². The molecule has 0 atom stereocenters. The molecule has 3 N–H and O–H groups in total. The highest BCUT2D eigenvalue weighted by atomic mass is 16.2. The molecule has 14 heavy (non-hydrogen) atoms. The van der Waals surface area contributed by atoms with Gasteiger partial charge in [-0.05, 0) is 6.42 Å². The fraction of sp³-hybridized carbons (Fsp3) is 0.600. The zero-order chi connectivity index (χ0) is 11.0. The summed E-state index contributed by atoms with van der Waals surface area (Å²) in [5.74, 6) is -0.807. The SMILES string of the molecule is C=C(CC(N)=O)C(=O)NCCCCC. The maximum Gasteiger partial charge on any atom is 0.247 e. The molecule has 2 amide bonds. The van der Waals surface area contributed by atoms with Gasteiger partial charge in [-0.25, -0.2) is 0 Å². The van der Waals surface area contributed by atoms with Crippen LogP contribution in [0.5, 0.6) is 0 Å². The molecular weight excluding hydrogens is 180 g/mol. The van der Waals surface area contributed by atoms with Crippen LogP contribution in [0.2, 0.25) is 0 Å². The molecule has 0 unspecified atom stereocenters. The molecule has 0 aromatic rings.